The summed E-state index contributed by atoms with van der Waals surface area (Å²) in [4.78, 5) is 11.2. The lowest BCUT2D eigenvalue weighted by Gasteiger charge is -2.25. The van der Waals surface area contributed by atoms with Crippen LogP contribution in [-0.2, 0) is 9.53 Å². The predicted octanol–water partition coefficient (Wildman–Crippen LogP) is 2.58. The molecule has 2 nitrogen and oxygen atoms in total. The van der Waals surface area contributed by atoms with Gasteiger partial charge in [-0.05, 0) is 31.6 Å². The van der Waals surface area contributed by atoms with Crippen LogP contribution in [0.1, 0.15) is 39.0 Å². The summed E-state index contributed by atoms with van der Waals surface area (Å²) >= 11 is 0. The van der Waals surface area contributed by atoms with Crippen molar-refractivity contribution in [3.8, 4) is 0 Å². The van der Waals surface area contributed by atoms with E-state index in [1.807, 2.05) is 6.92 Å². The molecular weight excluding hydrogens is 164 g/mol. The molecule has 75 valence electrons. The maximum Gasteiger partial charge on any atom is 0.306 e. The molecule has 1 radical (unpaired) electrons. The van der Waals surface area contributed by atoms with E-state index >= 15 is 0 Å². The number of hydrogen-bond donors (Lipinski definition) is 0. The third-order valence-electron chi connectivity index (χ3n) is 2.73. The first-order valence-electron chi connectivity index (χ1n) is 5.21. The van der Waals surface area contributed by atoms with Crippen molar-refractivity contribution in [2.45, 2.75) is 39.0 Å². The van der Waals surface area contributed by atoms with Crippen molar-refractivity contribution in [2.24, 2.45) is 11.8 Å². The highest BCUT2D eigenvalue weighted by molar-refractivity contribution is 5.69. The van der Waals surface area contributed by atoms with Gasteiger partial charge < -0.3 is 4.74 Å². The summed E-state index contributed by atoms with van der Waals surface area (Å²) in [6.45, 7) is 6.39. The number of ether oxygens (including phenoxy) is 1. The van der Waals surface area contributed by atoms with Crippen LogP contribution in [0.15, 0.2) is 0 Å². The molecule has 0 spiro atoms. The van der Waals surface area contributed by atoms with Crippen molar-refractivity contribution in [2.75, 3.05) is 6.61 Å². The van der Waals surface area contributed by atoms with Crippen molar-refractivity contribution in [1.82, 2.24) is 0 Å². The van der Waals surface area contributed by atoms with Crippen molar-refractivity contribution < 1.29 is 9.53 Å². The maximum atomic E-state index is 11.2. The molecule has 0 unspecified atom stereocenters. The third-order valence-corrected chi connectivity index (χ3v) is 2.73. The highest BCUT2D eigenvalue weighted by Gasteiger charge is 2.20. The van der Waals surface area contributed by atoms with Crippen molar-refractivity contribution in [3.63, 3.8) is 0 Å². The zero-order chi connectivity index (χ0) is 9.68. The molecule has 0 saturated heterocycles. The Morgan fingerprint density at radius 2 is 2.00 bits per heavy atom. The van der Waals surface area contributed by atoms with E-state index in [4.69, 9.17) is 4.74 Å². The first kappa shape index (κ1) is 10.6. The van der Waals surface area contributed by atoms with Crippen LogP contribution >= 0.6 is 0 Å². The fourth-order valence-corrected chi connectivity index (χ4v) is 1.89. The second kappa shape index (κ2) is 5.25. The molecule has 0 heterocycles. The van der Waals surface area contributed by atoms with Crippen LogP contribution in [0.3, 0.4) is 0 Å². The Labute approximate surface area is 80.7 Å². The third kappa shape index (κ3) is 3.79. The van der Waals surface area contributed by atoms with Crippen LogP contribution < -0.4 is 0 Å². The summed E-state index contributed by atoms with van der Waals surface area (Å²) in [5.41, 5.74) is 0. The molecule has 1 rings (SSSR count). The second-order valence-corrected chi connectivity index (χ2v) is 3.90. The monoisotopic (exact) mass is 183 g/mol. The minimum absolute atomic E-state index is 0.0324. The summed E-state index contributed by atoms with van der Waals surface area (Å²) in [6.07, 6.45) is 5.24. The quantitative estimate of drug-likeness (QED) is 0.629. The van der Waals surface area contributed by atoms with Crippen molar-refractivity contribution >= 4 is 5.97 Å². The van der Waals surface area contributed by atoms with Gasteiger partial charge in [0, 0.05) is 6.42 Å². The minimum Gasteiger partial charge on any atom is -0.466 e. The van der Waals surface area contributed by atoms with Crippen LogP contribution in [0.5, 0.6) is 0 Å². The zero-order valence-corrected chi connectivity index (χ0v) is 8.42. The SMILES string of the molecule is [CH2]C1CCC(CC(=O)OCC)CC1. The van der Waals surface area contributed by atoms with Crippen molar-refractivity contribution in [1.29, 1.82) is 0 Å². The minimum atomic E-state index is -0.0324. The maximum absolute atomic E-state index is 11.2. The van der Waals surface area contributed by atoms with Crippen LogP contribution in [0.4, 0.5) is 0 Å². The van der Waals surface area contributed by atoms with E-state index in [9.17, 15) is 4.79 Å². The summed E-state index contributed by atoms with van der Waals surface area (Å²) in [5, 5.41) is 0. The Morgan fingerprint density at radius 1 is 1.38 bits per heavy atom. The standard InChI is InChI=1S/C11H19O2/c1-3-13-11(12)8-10-6-4-9(2)5-7-10/h9-10H,2-8H2,1H3. The van der Waals surface area contributed by atoms with E-state index in [1.54, 1.807) is 0 Å². The number of hydrogen-bond acceptors (Lipinski definition) is 2. The molecule has 0 amide bonds. The van der Waals surface area contributed by atoms with Gasteiger partial charge in [-0.2, -0.15) is 0 Å². The van der Waals surface area contributed by atoms with Gasteiger partial charge in [-0.25, -0.2) is 0 Å². The normalized spacial score (nSPS) is 28.5. The molecule has 0 atom stereocenters. The summed E-state index contributed by atoms with van der Waals surface area (Å²) in [7, 11) is 0. The number of carbonyl (C=O) groups is 1. The van der Waals surface area contributed by atoms with Crippen LogP contribution in [0, 0.1) is 18.8 Å². The Hall–Kier alpha value is -0.530. The average Bonchev–Trinajstić information content (AvgIpc) is 2.09. The molecule has 1 saturated carbocycles. The van der Waals surface area contributed by atoms with Gasteiger partial charge in [0.05, 0.1) is 6.61 Å². The molecular formula is C11H19O2. The fraction of sp³-hybridized carbons (Fsp3) is 0.818. The molecule has 13 heavy (non-hydrogen) atoms. The molecule has 0 aliphatic heterocycles. The lowest BCUT2D eigenvalue weighted by molar-refractivity contribution is -0.144. The number of esters is 1. The molecule has 0 N–H and O–H groups in total. The van der Waals surface area contributed by atoms with Crippen LogP contribution in [-0.4, -0.2) is 12.6 Å². The van der Waals surface area contributed by atoms with E-state index in [1.165, 1.54) is 12.8 Å². The summed E-state index contributed by atoms with van der Waals surface area (Å²) < 4.78 is 4.92. The molecule has 0 aromatic rings. The summed E-state index contributed by atoms with van der Waals surface area (Å²) in [6, 6.07) is 0. The molecule has 1 aliphatic rings. The van der Waals surface area contributed by atoms with E-state index in [2.05, 4.69) is 6.92 Å². The highest BCUT2D eigenvalue weighted by Crippen LogP contribution is 2.30. The summed E-state index contributed by atoms with van der Waals surface area (Å²) in [5.74, 6) is 1.13. The first-order chi connectivity index (χ1) is 6.22. The Kier molecular flexibility index (Phi) is 4.26. The van der Waals surface area contributed by atoms with E-state index < -0.39 is 0 Å². The molecule has 0 aromatic carbocycles. The van der Waals surface area contributed by atoms with Gasteiger partial charge in [0.2, 0.25) is 0 Å². The highest BCUT2D eigenvalue weighted by atomic mass is 16.5. The molecule has 2 heteroatoms. The van der Waals surface area contributed by atoms with E-state index in [-0.39, 0.29) is 5.97 Å². The lowest BCUT2D eigenvalue weighted by Crippen LogP contribution is -2.17. The van der Waals surface area contributed by atoms with Gasteiger partial charge in [0.1, 0.15) is 0 Å². The number of carbonyl (C=O) groups excluding carboxylic acids is 1. The fourth-order valence-electron chi connectivity index (χ4n) is 1.89. The largest absolute Gasteiger partial charge is 0.466 e. The van der Waals surface area contributed by atoms with Gasteiger partial charge in [0.15, 0.2) is 0 Å². The number of rotatable bonds is 3. The topological polar surface area (TPSA) is 26.3 Å². The van der Waals surface area contributed by atoms with Crippen LogP contribution in [0.2, 0.25) is 0 Å². The molecule has 1 fully saturated rings. The van der Waals surface area contributed by atoms with E-state index in [0.717, 1.165) is 12.8 Å². The van der Waals surface area contributed by atoms with Gasteiger partial charge in [-0.3, -0.25) is 4.79 Å². The van der Waals surface area contributed by atoms with Gasteiger partial charge in [0.25, 0.3) is 0 Å². The van der Waals surface area contributed by atoms with Gasteiger partial charge in [-0.15, -0.1) is 0 Å². The first-order valence-corrected chi connectivity index (χ1v) is 5.21. The Balaban J connectivity index is 2.18. The predicted molar refractivity (Wildman–Crippen MR) is 52.1 cm³/mol. The average molecular weight is 183 g/mol. The smallest absolute Gasteiger partial charge is 0.306 e. The van der Waals surface area contributed by atoms with Gasteiger partial charge >= 0.3 is 5.97 Å². The van der Waals surface area contributed by atoms with Crippen LogP contribution in [0.25, 0.3) is 0 Å². The molecule has 0 bridgehead atoms. The van der Waals surface area contributed by atoms with Crippen molar-refractivity contribution in [3.05, 3.63) is 6.92 Å². The lowest BCUT2D eigenvalue weighted by atomic mass is 9.81. The molecule has 1 aliphatic carbocycles. The van der Waals surface area contributed by atoms with E-state index in [0.29, 0.717) is 24.9 Å². The Morgan fingerprint density at radius 3 is 2.54 bits per heavy atom. The van der Waals surface area contributed by atoms with Gasteiger partial charge in [-0.1, -0.05) is 19.8 Å². The second-order valence-electron chi connectivity index (χ2n) is 3.90. The molecule has 0 aromatic heterocycles. The zero-order valence-electron chi connectivity index (χ0n) is 8.42. The Bertz CT molecular complexity index is 157.